The van der Waals surface area contributed by atoms with Crippen molar-refractivity contribution in [1.29, 1.82) is 0 Å². The Hall–Kier alpha value is -1.77. The van der Waals surface area contributed by atoms with E-state index < -0.39 is 18.7 Å². The van der Waals surface area contributed by atoms with E-state index >= 15 is 0 Å². The summed E-state index contributed by atoms with van der Waals surface area (Å²) in [5, 5.41) is 14.8. The second-order valence-electron chi connectivity index (χ2n) is 4.18. The molecule has 0 aromatic carbocycles. The summed E-state index contributed by atoms with van der Waals surface area (Å²) in [5.74, 6) is -0.813. The average molecular weight is 279 g/mol. The fraction of sp³-hybridized carbons (Fsp3) is 0.600. The Bertz CT molecular complexity index is 449. The monoisotopic (exact) mass is 279 g/mol. The fourth-order valence-electron chi connectivity index (χ4n) is 1.77. The molecule has 0 spiro atoms. The zero-order valence-corrected chi connectivity index (χ0v) is 9.78. The number of nitrogens with one attached hydrogen (secondary N) is 1. The molecular formula is C10H12F3N3O3. The summed E-state index contributed by atoms with van der Waals surface area (Å²) >= 11 is 0. The first-order chi connectivity index (χ1) is 8.85. The van der Waals surface area contributed by atoms with Crippen molar-refractivity contribution in [3.05, 3.63) is 11.8 Å². The van der Waals surface area contributed by atoms with E-state index in [1.807, 2.05) is 0 Å². The van der Waals surface area contributed by atoms with Crippen LogP contribution in [0.2, 0.25) is 0 Å². The third kappa shape index (κ3) is 3.60. The molecule has 1 aromatic heterocycles. The largest absolute Gasteiger partial charge is 0.476 e. The zero-order valence-electron chi connectivity index (χ0n) is 9.78. The molecule has 19 heavy (non-hydrogen) atoms. The molecule has 0 amide bonds. The maximum absolute atomic E-state index is 11.9. The van der Waals surface area contributed by atoms with E-state index in [0.717, 1.165) is 0 Å². The maximum atomic E-state index is 11.9. The molecule has 0 saturated heterocycles. The Morgan fingerprint density at radius 1 is 1.63 bits per heavy atom. The van der Waals surface area contributed by atoms with Gasteiger partial charge in [-0.15, -0.1) is 0 Å². The van der Waals surface area contributed by atoms with Gasteiger partial charge in [0.05, 0.1) is 13.1 Å². The Morgan fingerprint density at radius 3 is 2.95 bits per heavy atom. The smallest absolute Gasteiger partial charge is 0.401 e. The van der Waals surface area contributed by atoms with Gasteiger partial charge in [0.15, 0.2) is 5.69 Å². The first-order valence-corrected chi connectivity index (χ1v) is 5.60. The number of rotatable bonds is 5. The highest BCUT2D eigenvalue weighted by molar-refractivity contribution is 5.85. The highest BCUT2D eigenvalue weighted by Crippen LogP contribution is 2.23. The molecule has 9 heteroatoms. The summed E-state index contributed by atoms with van der Waals surface area (Å²) in [5.41, 5.74) is -0.108. The highest BCUT2D eigenvalue weighted by atomic mass is 19.4. The number of aromatic carboxylic acids is 1. The molecule has 1 atom stereocenters. The van der Waals surface area contributed by atoms with E-state index in [1.54, 1.807) is 0 Å². The molecule has 6 nitrogen and oxygen atoms in total. The van der Waals surface area contributed by atoms with Gasteiger partial charge < -0.3 is 15.2 Å². The quantitative estimate of drug-likeness (QED) is 0.783. The lowest BCUT2D eigenvalue weighted by atomic mass is 10.2. The number of carboxylic acids is 1. The van der Waals surface area contributed by atoms with E-state index in [1.165, 1.54) is 10.7 Å². The van der Waals surface area contributed by atoms with Crippen molar-refractivity contribution in [2.75, 3.05) is 13.1 Å². The van der Waals surface area contributed by atoms with Gasteiger partial charge >= 0.3 is 12.1 Å². The van der Waals surface area contributed by atoms with Crippen LogP contribution in [0.3, 0.4) is 0 Å². The number of carbonyl (C=O) groups is 1. The minimum absolute atomic E-state index is 0.108. The second kappa shape index (κ2) is 5.08. The van der Waals surface area contributed by atoms with Gasteiger partial charge in [0.1, 0.15) is 6.10 Å². The van der Waals surface area contributed by atoms with Crippen LogP contribution in [0.25, 0.3) is 0 Å². The molecule has 2 heterocycles. The third-order valence-electron chi connectivity index (χ3n) is 2.59. The topological polar surface area (TPSA) is 76.4 Å². The molecule has 1 unspecified atom stereocenters. The SMILES string of the molecule is O=C(O)c1cc2n(n1)CC(CCNCC(F)(F)F)O2. The van der Waals surface area contributed by atoms with Gasteiger partial charge in [0.25, 0.3) is 0 Å². The van der Waals surface area contributed by atoms with Gasteiger partial charge in [-0.25, -0.2) is 9.48 Å². The Labute approximate surface area is 106 Å². The zero-order chi connectivity index (χ0) is 14.0. The minimum Gasteiger partial charge on any atom is -0.476 e. The van der Waals surface area contributed by atoms with Gasteiger partial charge in [-0.1, -0.05) is 0 Å². The number of hydrogen-bond donors (Lipinski definition) is 2. The number of carboxylic acid groups (broad SMARTS) is 1. The van der Waals surface area contributed by atoms with Crippen LogP contribution in [-0.4, -0.2) is 46.2 Å². The molecular weight excluding hydrogens is 267 g/mol. The molecule has 2 N–H and O–H groups in total. The summed E-state index contributed by atoms with van der Waals surface area (Å²) in [4.78, 5) is 10.6. The van der Waals surface area contributed by atoms with E-state index in [0.29, 0.717) is 18.8 Å². The number of aromatic nitrogens is 2. The number of halogens is 3. The molecule has 0 aliphatic carbocycles. The highest BCUT2D eigenvalue weighted by Gasteiger charge is 2.28. The predicted octanol–water partition coefficient (Wildman–Crippen LogP) is 0.884. The molecule has 1 aliphatic heterocycles. The first kappa shape index (κ1) is 13.7. The van der Waals surface area contributed by atoms with E-state index in [-0.39, 0.29) is 18.3 Å². The van der Waals surface area contributed by atoms with E-state index in [9.17, 15) is 18.0 Å². The van der Waals surface area contributed by atoms with Crippen LogP contribution in [0.5, 0.6) is 5.88 Å². The lowest BCUT2D eigenvalue weighted by Crippen LogP contribution is -2.31. The van der Waals surface area contributed by atoms with Crippen molar-refractivity contribution in [3.63, 3.8) is 0 Å². The molecule has 1 aromatic rings. The molecule has 0 bridgehead atoms. The van der Waals surface area contributed by atoms with Crippen molar-refractivity contribution in [2.45, 2.75) is 25.2 Å². The summed E-state index contributed by atoms with van der Waals surface area (Å²) < 4.78 is 42.4. The standard InChI is InChI=1S/C10H12F3N3O3/c11-10(12,13)5-14-2-1-6-4-16-8(19-6)3-7(15-16)9(17)18/h3,6,14H,1-2,4-5H2,(H,17,18). The summed E-state index contributed by atoms with van der Waals surface area (Å²) in [7, 11) is 0. The maximum Gasteiger partial charge on any atom is 0.401 e. The van der Waals surface area contributed by atoms with Gasteiger partial charge in [0, 0.05) is 6.07 Å². The summed E-state index contributed by atoms with van der Waals surface area (Å²) in [6, 6.07) is 1.30. The molecule has 0 saturated carbocycles. The van der Waals surface area contributed by atoms with Crippen molar-refractivity contribution >= 4 is 5.97 Å². The molecule has 1 aliphatic rings. The third-order valence-corrected chi connectivity index (χ3v) is 2.59. The van der Waals surface area contributed by atoms with Crippen molar-refractivity contribution in [2.24, 2.45) is 0 Å². The molecule has 0 fully saturated rings. The van der Waals surface area contributed by atoms with Gasteiger partial charge in [-0.3, -0.25) is 0 Å². The lowest BCUT2D eigenvalue weighted by Gasteiger charge is -2.11. The fourth-order valence-corrected chi connectivity index (χ4v) is 1.77. The van der Waals surface area contributed by atoms with Gasteiger partial charge in [0.2, 0.25) is 5.88 Å². The van der Waals surface area contributed by atoms with Crippen LogP contribution >= 0.6 is 0 Å². The number of fused-ring (bicyclic) bond motifs is 1. The number of hydrogen-bond acceptors (Lipinski definition) is 4. The Balaban J connectivity index is 1.75. The minimum atomic E-state index is -4.22. The van der Waals surface area contributed by atoms with Gasteiger partial charge in [-0.2, -0.15) is 18.3 Å². The van der Waals surface area contributed by atoms with Crippen LogP contribution in [-0.2, 0) is 6.54 Å². The van der Waals surface area contributed by atoms with Crippen LogP contribution in [0.1, 0.15) is 16.9 Å². The number of alkyl halides is 3. The predicted molar refractivity (Wildman–Crippen MR) is 57.1 cm³/mol. The van der Waals surface area contributed by atoms with E-state index in [4.69, 9.17) is 9.84 Å². The van der Waals surface area contributed by atoms with Crippen LogP contribution in [0.4, 0.5) is 13.2 Å². The lowest BCUT2D eigenvalue weighted by molar-refractivity contribution is -0.124. The van der Waals surface area contributed by atoms with Crippen LogP contribution in [0, 0.1) is 0 Å². The molecule has 2 rings (SSSR count). The normalized spacial score (nSPS) is 18.2. The molecule has 0 radical (unpaired) electrons. The van der Waals surface area contributed by atoms with Crippen LogP contribution in [0.15, 0.2) is 6.07 Å². The van der Waals surface area contributed by atoms with Crippen LogP contribution < -0.4 is 10.1 Å². The second-order valence-corrected chi connectivity index (χ2v) is 4.18. The first-order valence-electron chi connectivity index (χ1n) is 5.60. The average Bonchev–Trinajstić information content (AvgIpc) is 2.80. The summed E-state index contributed by atoms with van der Waals surface area (Å²) in [6.07, 6.45) is -4.12. The van der Waals surface area contributed by atoms with Gasteiger partial charge in [-0.05, 0) is 13.0 Å². The van der Waals surface area contributed by atoms with Crippen molar-refractivity contribution in [1.82, 2.24) is 15.1 Å². The number of ether oxygens (including phenoxy) is 1. The van der Waals surface area contributed by atoms with Crippen molar-refractivity contribution < 1.29 is 27.8 Å². The Morgan fingerprint density at radius 2 is 2.37 bits per heavy atom. The molecule has 106 valence electrons. The van der Waals surface area contributed by atoms with E-state index in [2.05, 4.69) is 10.4 Å². The van der Waals surface area contributed by atoms with Crippen molar-refractivity contribution in [3.8, 4) is 5.88 Å². The summed E-state index contributed by atoms with van der Waals surface area (Å²) in [6.45, 7) is -0.523. The Kier molecular flexibility index (Phi) is 3.65. The number of nitrogens with zero attached hydrogens (tertiary/aromatic N) is 2.